The van der Waals surface area contributed by atoms with Gasteiger partial charge in [-0.3, -0.25) is 19.6 Å². The van der Waals surface area contributed by atoms with Gasteiger partial charge in [0.25, 0.3) is 5.91 Å². The van der Waals surface area contributed by atoms with Crippen molar-refractivity contribution >= 4 is 30.7 Å². The Labute approximate surface area is 313 Å². The predicted molar refractivity (Wildman–Crippen MR) is 193 cm³/mol. The quantitative estimate of drug-likeness (QED) is 0.192. The van der Waals surface area contributed by atoms with Gasteiger partial charge in [-0.2, -0.15) is 23.1 Å². The van der Waals surface area contributed by atoms with Crippen molar-refractivity contribution in [3.63, 3.8) is 0 Å². The first kappa shape index (κ1) is 40.5. The molecule has 2 aliphatic rings. The number of alkyl halides is 3. The van der Waals surface area contributed by atoms with Gasteiger partial charge in [-0.15, -0.1) is 24.8 Å². The van der Waals surface area contributed by atoms with E-state index in [1.54, 1.807) is 18.0 Å². The molecule has 2 saturated heterocycles. The second kappa shape index (κ2) is 18.0. The van der Waals surface area contributed by atoms with Gasteiger partial charge in [0.1, 0.15) is 5.69 Å². The van der Waals surface area contributed by atoms with Crippen LogP contribution in [0.25, 0.3) is 0 Å². The SMILES string of the molecule is CCOc1nc(OC)c(CN2C[C@@H]3CN(C(=O)c4cnc(C)cn4)CCN3[C@H](C(c3ccccc3)c3ccccc3)C2)c(OCC(F)(F)F)n1.Cl.Cl. The number of aryl methyl sites for hydroxylation is 1. The molecule has 2 aliphatic heterocycles. The number of hydrogen-bond donors (Lipinski definition) is 0. The normalized spacial score (nSPS) is 17.8. The Morgan fingerprint density at radius 2 is 1.54 bits per heavy atom. The lowest BCUT2D eigenvalue weighted by Crippen LogP contribution is -2.67. The number of benzene rings is 2. The molecule has 11 nitrogen and oxygen atoms in total. The summed E-state index contributed by atoms with van der Waals surface area (Å²) in [7, 11) is 1.40. The zero-order valence-electron chi connectivity index (χ0n) is 29.0. The molecule has 4 aromatic rings. The minimum absolute atomic E-state index is 0. The van der Waals surface area contributed by atoms with Crippen LogP contribution in [0.15, 0.2) is 73.1 Å². The van der Waals surface area contributed by atoms with Crippen LogP contribution in [0.4, 0.5) is 13.2 Å². The zero-order chi connectivity index (χ0) is 35.3. The number of ether oxygens (including phenoxy) is 3. The molecule has 2 fully saturated rings. The number of nitrogens with zero attached hydrogens (tertiary/aromatic N) is 7. The van der Waals surface area contributed by atoms with Crippen LogP contribution < -0.4 is 14.2 Å². The van der Waals surface area contributed by atoms with Gasteiger partial charge in [0.2, 0.25) is 11.8 Å². The summed E-state index contributed by atoms with van der Waals surface area (Å²) in [5, 5.41) is 0. The fraction of sp³-hybridized carbons (Fsp3) is 0.417. The van der Waals surface area contributed by atoms with Crippen molar-refractivity contribution in [3.8, 4) is 17.8 Å². The Morgan fingerprint density at radius 1 is 0.885 bits per heavy atom. The fourth-order valence-electron chi connectivity index (χ4n) is 6.86. The molecule has 0 N–H and O–H groups in total. The van der Waals surface area contributed by atoms with Gasteiger partial charge in [0, 0.05) is 63.5 Å². The molecular formula is C36H42Cl2F3N7O4. The maximum absolute atomic E-state index is 13.6. The molecule has 0 saturated carbocycles. The van der Waals surface area contributed by atoms with Crippen LogP contribution >= 0.6 is 24.8 Å². The second-order valence-corrected chi connectivity index (χ2v) is 12.4. The number of hydrogen-bond acceptors (Lipinski definition) is 10. The van der Waals surface area contributed by atoms with Crippen molar-refractivity contribution in [2.24, 2.45) is 0 Å². The maximum atomic E-state index is 13.6. The molecule has 2 aromatic heterocycles. The van der Waals surface area contributed by atoms with E-state index >= 15 is 0 Å². The molecule has 2 aromatic carbocycles. The van der Waals surface area contributed by atoms with Gasteiger partial charge in [-0.1, -0.05) is 60.7 Å². The van der Waals surface area contributed by atoms with Crippen LogP contribution in [0.1, 0.15) is 45.7 Å². The summed E-state index contributed by atoms with van der Waals surface area (Å²) in [6.07, 6.45) is -1.51. The number of fused-ring (bicyclic) bond motifs is 1. The van der Waals surface area contributed by atoms with Gasteiger partial charge in [0.15, 0.2) is 6.61 Å². The first-order valence-electron chi connectivity index (χ1n) is 16.6. The molecular weight excluding hydrogens is 722 g/mol. The Morgan fingerprint density at radius 3 is 2.12 bits per heavy atom. The smallest absolute Gasteiger partial charge is 0.422 e. The van der Waals surface area contributed by atoms with Crippen LogP contribution in [-0.2, 0) is 6.54 Å². The summed E-state index contributed by atoms with van der Waals surface area (Å²) in [5.74, 6) is -0.427. The Hall–Kier alpha value is -4.24. The van der Waals surface area contributed by atoms with Crippen molar-refractivity contribution in [2.45, 2.75) is 44.6 Å². The number of piperazine rings is 2. The molecule has 0 spiro atoms. The van der Waals surface area contributed by atoms with Crippen molar-refractivity contribution in [2.75, 3.05) is 53.0 Å². The average molecular weight is 765 g/mol. The van der Waals surface area contributed by atoms with E-state index < -0.39 is 12.8 Å². The first-order valence-corrected chi connectivity index (χ1v) is 16.6. The van der Waals surface area contributed by atoms with Crippen LogP contribution in [0.5, 0.6) is 17.8 Å². The van der Waals surface area contributed by atoms with E-state index in [2.05, 4.69) is 54.0 Å². The van der Waals surface area contributed by atoms with Gasteiger partial charge in [-0.25, -0.2) is 4.98 Å². The number of carbonyl (C=O) groups excluding carboxylic acids is 1. The Bertz CT molecular complexity index is 1700. The van der Waals surface area contributed by atoms with E-state index in [1.165, 1.54) is 13.3 Å². The third kappa shape index (κ3) is 9.59. The highest BCUT2D eigenvalue weighted by Crippen LogP contribution is 2.38. The summed E-state index contributed by atoms with van der Waals surface area (Å²) in [6, 6.07) is 20.2. The first-order chi connectivity index (χ1) is 24.1. The lowest BCUT2D eigenvalue weighted by Gasteiger charge is -2.53. The molecule has 0 unspecified atom stereocenters. The van der Waals surface area contributed by atoms with Crippen LogP contribution in [-0.4, -0.2) is 112 Å². The molecule has 52 heavy (non-hydrogen) atoms. The fourth-order valence-corrected chi connectivity index (χ4v) is 6.86. The average Bonchev–Trinajstić information content (AvgIpc) is 3.12. The minimum Gasteiger partial charge on any atom is -0.481 e. The van der Waals surface area contributed by atoms with Crippen molar-refractivity contribution in [3.05, 3.63) is 101 Å². The lowest BCUT2D eigenvalue weighted by atomic mass is 9.81. The molecule has 6 rings (SSSR count). The van der Waals surface area contributed by atoms with E-state index in [9.17, 15) is 18.0 Å². The van der Waals surface area contributed by atoms with Gasteiger partial charge in [-0.05, 0) is 25.0 Å². The topological polar surface area (TPSA) is 106 Å². The third-order valence-corrected chi connectivity index (χ3v) is 8.99. The van der Waals surface area contributed by atoms with Crippen molar-refractivity contribution < 1.29 is 32.2 Å². The van der Waals surface area contributed by atoms with E-state index in [0.717, 1.165) is 16.8 Å². The van der Waals surface area contributed by atoms with Gasteiger partial charge in [0.05, 0.1) is 31.2 Å². The summed E-state index contributed by atoms with van der Waals surface area (Å²) < 4.78 is 56.4. The van der Waals surface area contributed by atoms with Crippen molar-refractivity contribution in [1.82, 2.24) is 34.6 Å². The summed E-state index contributed by atoms with van der Waals surface area (Å²) >= 11 is 0. The Balaban J connectivity index is 0.00000302. The molecule has 2 atom stereocenters. The van der Waals surface area contributed by atoms with Crippen LogP contribution in [0, 0.1) is 6.92 Å². The second-order valence-electron chi connectivity index (χ2n) is 12.4. The summed E-state index contributed by atoms with van der Waals surface area (Å²) in [6.45, 7) is 4.96. The van der Waals surface area contributed by atoms with Crippen LogP contribution in [0.2, 0.25) is 0 Å². The maximum Gasteiger partial charge on any atom is 0.422 e. The number of aromatic nitrogens is 4. The highest BCUT2D eigenvalue weighted by atomic mass is 35.5. The molecule has 0 aliphatic carbocycles. The molecule has 4 heterocycles. The molecule has 16 heteroatoms. The monoisotopic (exact) mass is 763 g/mol. The predicted octanol–water partition coefficient (Wildman–Crippen LogP) is 5.61. The molecule has 0 bridgehead atoms. The zero-order valence-corrected chi connectivity index (χ0v) is 30.7. The number of methoxy groups -OCH3 is 1. The highest BCUT2D eigenvalue weighted by molar-refractivity contribution is 5.92. The number of halogens is 5. The lowest BCUT2D eigenvalue weighted by molar-refractivity contribution is -0.154. The van der Waals surface area contributed by atoms with Gasteiger partial charge < -0.3 is 19.1 Å². The third-order valence-electron chi connectivity index (χ3n) is 8.99. The molecule has 1 amide bonds. The van der Waals surface area contributed by atoms with E-state index in [0.29, 0.717) is 32.7 Å². The standard InChI is InChI=1S/C36H40F3N7O4.2ClH/c1-4-49-35-42-32(48-3)28(33(43-35)50-23-36(37,38)39)21-44-19-27-20-45(34(47)29-18-40-24(2)17-41-29)15-16-46(27)30(22-44)31(25-11-7-5-8-12-25)26-13-9-6-10-14-26;;/h5-14,17-18,27,30-31H,4,15-16,19-23H2,1-3H3;2*1H/t27-,30+;;/m1../s1. The number of amides is 1. The van der Waals surface area contributed by atoms with E-state index in [-0.39, 0.29) is 90.9 Å². The Kier molecular flexibility index (Phi) is 14.0. The van der Waals surface area contributed by atoms with Crippen molar-refractivity contribution in [1.29, 1.82) is 0 Å². The van der Waals surface area contributed by atoms with Gasteiger partial charge >= 0.3 is 12.2 Å². The highest BCUT2D eigenvalue weighted by Gasteiger charge is 2.44. The molecule has 280 valence electrons. The van der Waals surface area contributed by atoms with Crippen LogP contribution in [0.3, 0.4) is 0 Å². The van der Waals surface area contributed by atoms with E-state index in [4.69, 9.17) is 14.2 Å². The number of carbonyl (C=O) groups is 1. The largest absolute Gasteiger partial charge is 0.481 e. The minimum atomic E-state index is -4.59. The summed E-state index contributed by atoms with van der Waals surface area (Å²) in [5.41, 5.74) is 3.55. The number of rotatable bonds is 11. The van der Waals surface area contributed by atoms with E-state index in [1.807, 2.05) is 43.3 Å². The summed E-state index contributed by atoms with van der Waals surface area (Å²) in [4.78, 5) is 37.2. The molecule has 0 radical (unpaired) electrons.